The van der Waals surface area contributed by atoms with Crippen LogP contribution in [-0.4, -0.2) is 30.7 Å². The number of nitrogens with one attached hydrogen (secondary N) is 1. The van der Waals surface area contributed by atoms with Crippen molar-refractivity contribution in [2.75, 3.05) is 25.1 Å². The van der Waals surface area contributed by atoms with E-state index in [1.54, 1.807) is 13.8 Å². The largest absolute Gasteiger partial charge is 0.490 e. The molecule has 2 rings (SSSR count). The SMILES string of the molecule is CCOc1cc(C(=O)Nc2ccc(C(F)(F)F)cn2)cc(OCC)c1OCC. The molecule has 1 amide bonds. The van der Waals surface area contributed by atoms with Crippen LogP contribution in [0.5, 0.6) is 17.2 Å². The van der Waals surface area contributed by atoms with Crippen LogP contribution in [0.3, 0.4) is 0 Å². The van der Waals surface area contributed by atoms with E-state index in [9.17, 15) is 18.0 Å². The lowest BCUT2D eigenvalue weighted by molar-refractivity contribution is -0.137. The minimum absolute atomic E-state index is 0.0113. The van der Waals surface area contributed by atoms with E-state index in [0.717, 1.165) is 12.1 Å². The average Bonchev–Trinajstić information content (AvgIpc) is 2.64. The summed E-state index contributed by atoms with van der Waals surface area (Å²) in [4.78, 5) is 16.2. The molecule has 1 heterocycles. The van der Waals surface area contributed by atoms with Crippen LogP contribution in [0.1, 0.15) is 36.7 Å². The van der Waals surface area contributed by atoms with Gasteiger partial charge in [-0.1, -0.05) is 0 Å². The molecule has 0 saturated carbocycles. The van der Waals surface area contributed by atoms with E-state index in [1.165, 1.54) is 12.1 Å². The molecule has 0 fully saturated rings. The Morgan fingerprint density at radius 3 is 2.00 bits per heavy atom. The Hall–Kier alpha value is -2.97. The predicted octanol–water partition coefficient (Wildman–Crippen LogP) is 4.55. The van der Waals surface area contributed by atoms with Crippen LogP contribution in [0, 0.1) is 0 Å². The van der Waals surface area contributed by atoms with Gasteiger partial charge in [0.15, 0.2) is 11.5 Å². The molecule has 1 aromatic carbocycles. The molecule has 0 atom stereocenters. The molecule has 0 saturated heterocycles. The van der Waals surface area contributed by atoms with Crippen LogP contribution >= 0.6 is 0 Å². The van der Waals surface area contributed by atoms with Gasteiger partial charge in [0.05, 0.1) is 25.4 Å². The molecule has 2 aromatic rings. The first-order valence-electron chi connectivity index (χ1n) is 8.71. The second-order valence-corrected chi connectivity index (χ2v) is 5.48. The zero-order valence-corrected chi connectivity index (χ0v) is 15.7. The highest BCUT2D eigenvalue weighted by molar-refractivity contribution is 6.04. The molecular weight excluding hydrogens is 377 g/mol. The third-order valence-electron chi connectivity index (χ3n) is 3.50. The molecule has 6 nitrogen and oxygen atoms in total. The number of nitrogens with zero attached hydrogens (tertiary/aromatic N) is 1. The third kappa shape index (κ3) is 5.28. The second-order valence-electron chi connectivity index (χ2n) is 5.48. The summed E-state index contributed by atoms with van der Waals surface area (Å²) in [5.41, 5.74) is -0.708. The number of carbonyl (C=O) groups is 1. The maximum atomic E-state index is 12.6. The van der Waals surface area contributed by atoms with Crippen LogP contribution < -0.4 is 19.5 Å². The molecule has 28 heavy (non-hydrogen) atoms. The standard InChI is InChI=1S/C19H21F3N2O4/c1-4-26-14-9-12(10-15(27-5-2)17(14)28-6-3)18(25)24-16-8-7-13(11-23-16)19(20,21)22/h7-11H,4-6H2,1-3H3,(H,23,24,25). The number of ether oxygens (including phenoxy) is 3. The van der Waals surface area contributed by atoms with E-state index in [-0.39, 0.29) is 11.4 Å². The molecule has 0 spiro atoms. The Kier molecular flexibility index (Phi) is 7.08. The van der Waals surface area contributed by atoms with E-state index in [2.05, 4.69) is 10.3 Å². The smallest absolute Gasteiger partial charge is 0.417 e. The molecule has 0 aliphatic heterocycles. The van der Waals surface area contributed by atoms with Crippen LogP contribution in [0.4, 0.5) is 19.0 Å². The Balaban J connectivity index is 2.31. The number of amides is 1. The summed E-state index contributed by atoms with van der Waals surface area (Å²) in [7, 11) is 0. The van der Waals surface area contributed by atoms with Gasteiger partial charge in [-0.3, -0.25) is 4.79 Å². The number of benzene rings is 1. The van der Waals surface area contributed by atoms with Crippen molar-refractivity contribution in [1.29, 1.82) is 0 Å². The zero-order valence-electron chi connectivity index (χ0n) is 15.7. The van der Waals surface area contributed by atoms with Crippen molar-refractivity contribution in [3.63, 3.8) is 0 Å². The lowest BCUT2D eigenvalue weighted by atomic mass is 10.1. The molecule has 9 heteroatoms. The lowest BCUT2D eigenvalue weighted by Crippen LogP contribution is -2.15. The second kappa shape index (κ2) is 9.29. The van der Waals surface area contributed by atoms with Gasteiger partial charge in [-0.05, 0) is 45.0 Å². The monoisotopic (exact) mass is 398 g/mol. The lowest BCUT2D eigenvalue weighted by Gasteiger charge is -2.17. The number of anilines is 1. The fraction of sp³-hybridized carbons (Fsp3) is 0.368. The van der Waals surface area contributed by atoms with Crippen molar-refractivity contribution in [3.05, 3.63) is 41.6 Å². The fourth-order valence-corrected chi connectivity index (χ4v) is 2.34. The van der Waals surface area contributed by atoms with E-state index in [4.69, 9.17) is 14.2 Å². The molecule has 0 aliphatic rings. The van der Waals surface area contributed by atoms with E-state index < -0.39 is 17.6 Å². The van der Waals surface area contributed by atoms with Gasteiger partial charge in [-0.15, -0.1) is 0 Å². The number of carbonyl (C=O) groups excluding carboxylic acids is 1. The molecule has 0 bridgehead atoms. The maximum absolute atomic E-state index is 12.6. The molecule has 0 radical (unpaired) electrons. The topological polar surface area (TPSA) is 69.7 Å². The Morgan fingerprint density at radius 2 is 1.57 bits per heavy atom. The van der Waals surface area contributed by atoms with Crippen molar-refractivity contribution in [2.45, 2.75) is 26.9 Å². The summed E-state index contributed by atoms with van der Waals surface area (Å²) in [5.74, 6) is 0.470. The maximum Gasteiger partial charge on any atom is 0.417 e. The number of aromatic nitrogens is 1. The molecule has 1 N–H and O–H groups in total. The molecule has 0 unspecified atom stereocenters. The van der Waals surface area contributed by atoms with Gasteiger partial charge in [0.25, 0.3) is 5.91 Å². The van der Waals surface area contributed by atoms with Gasteiger partial charge in [0.2, 0.25) is 5.75 Å². The van der Waals surface area contributed by atoms with Gasteiger partial charge >= 0.3 is 6.18 Å². The summed E-state index contributed by atoms with van der Waals surface area (Å²) in [6.07, 6.45) is -3.84. The number of halogens is 3. The van der Waals surface area contributed by atoms with E-state index >= 15 is 0 Å². The van der Waals surface area contributed by atoms with E-state index in [0.29, 0.717) is 43.3 Å². The highest BCUT2D eigenvalue weighted by Gasteiger charge is 2.30. The van der Waals surface area contributed by atoms with Crippen molar-refractivity contribution in [2.24, 2.45) is 0 Å². The van der Waals surface area contributed by atoms with E-state index in [1.807, 2.05) is 6.92 Å². The highest BCUT2D eigenvalue weighted by atomic mass is 19.4. The van der Waals surface area contributed by atoms with Gasteiger partial charge in [-0.2, -0.15) is 13.2 Å². The number of alkyl halides is 3. The van der Waals surface area contributed by atoms with Crippen molar-refractivity contribution >= 4 is 11.7 Å². The highest BCUT2D eigenvalue weighted by Crippen LogP contribution is 2.39. The summed E-state index contributed by atoms with van der Waals surface area (Å²) in [6.45, 7) is 6.45. The first kappa shape index (κ1) is 21.3. The van der Waals surface area contributed by atoms with Crippen LogP contribution in [0.25, 0.3) is 0 Å². The average molecular weight is 398 g/mol. The normalized spacial score (nSPS) is 11.1. The van der Waals surface area contributed by atoms with Gasteiger partial charge in [0.1, 0.15) is 5.82 Å². The number of hydrogen-bond donors (Lipinski definition) is 1. The molecular formula is C19H21F3N2O4. The summed E-state index contributed by atoms with van der Waals surface area (Å²) < 4.78 is 54.5. The summed E-state index contributed by atoms with van der Waals surface area (Å²) in [6, 6.07) is 4.90. The molecule has 1 aromatic heterocycles. The predicted molar refractivity (Wildman–Crippen MR) is 97.1 cm³/mol. The first-order chi connectivity index (χ1) is 13.3. The van der Waals surface area contributed by atoms with Crippen LogP contribution in [0.2, 0.25) is 0 Å². The van der Waals surface area contributed by atoms with Gasteiger partial charge in [0, 0.05) is 11.8 Å². The van der Waals surface area contributed by atoms with Gasteiger partial charge < -0.3 is 19.5 Å². The minimum atomic E-state index is -4.50. The van der Waals surface area contributed by atoms with Crippen LogP contribution in [0.15, 0.2) is 30.5 Å². The Morgan fingerprint density at radius 1 is 1.00 bits per heavy atom. The molecule has 152 valence electrons. The number of rotatable bonds is 8. The zero-order chi connectivity index (χ0) is 20.7. The van der Waals surface area contributed by atoms with Crippen LogP contribution in [-0.2, 0) is 6.18 Å². The number of hydrogen-bond acceptors (Lipinski definition) is 5. The molecule has 0 aliphatic carbocycles. The third-order valence-corrected chi connectivity index (χ3v) is 3.50. The summed E-state index contributed by atoms with van der Waals surface area (Å²) >= 11 is 0. The van der Waals surface area contributed by atoms with Crippen molar-refractivity contribution in [1.82, 2.24) is 4.98 Å². The van der Waals surface area contributed by atoms with Gasteiger partial charge in [-0.25, -0.2) is 4.98 Å². The first-order valence-corrected chi connectivity index (χ1v) is 8.71. The Bertz CT molecular complexity index is 781. The number of pyridine rings is 1. The minimum Gasteiger partial charge on any atom is -0.490 e. The van der Waals surface area contributed by atoms with Crippen molar-refractivity contribution in [3.8, 4) is 17.2 Å². The quantitative estimate of drug-likeness (QED) is 0.707. The summed E-state index contributed by atoms with van der Waals surface area (Å²) in [5, 5.41) is 2.46. The Labute approximate surface area is 160 Å². The van der Waals surface area contributed by atoms with Crippen molar-refractivity contribution < 1.29 is 32.2 Å². The fourth-order valence-electron chi connectivity index (χ4n) is 2.34.